The van der Waals surface area contributed by atoms with E-state index in [-0.39, 0.29) is 0 Å². The van der Waals surface area contributed by atoms with E-state index in [9.17, 15) is 96.6 Å². The normalized spacial score (nSPS) is 18.4. The molecule has 1 atom stereocenters. The van der Waals surface area contributed by atoms with E-state index in [1.807, 2.05) is 0 Å². The van der Waals surface area contributed by atoms with Crippen LogP contribution in [0.25, 0.3) is 0 Å². The van der Waals surface area contributed by atoms with Gasteiger partial charge in [0, 0.05) is 0 Å². The van der Waals surface area contributed by atoms with E-state index < -0.39 is 60.1 Å². The third-order valence-corrected chi connectivity index (χ3v) is 3.41. The van der Waals surface area contributed by atoms with Crippen LogP contribution in [-0.4, -0.2) is 60.1 Å². The molecule has 0 rings (SSSR count). The van der Waals surface area contributed by atoms with E-state index >= 15 is 0 Å². The summed E-state index contributed by atoms with van der Waals surface area (Å²) < 4.78 is 280. The first kappa shape index (κ1) is 31.4. The van der Waals surface area contributed by atoms with Gasteiger partial charge in [0.1, 0.15) is 0 Å². The summed E-state index contributed by atoms with van der Waals surface area (Å²) in [5.41, 5.74) is -9.30. The summed E-state index contributed by atoms with van der Waals surface area (Å²) in [6, 6.07) is 0. The van der Waals surface area contributed by atoms with Gasteiger partial charge in [-0.05, 0) is 0 Å². The van der Waals surface area contributed by atoms with Crippen molar-refractivity contribution in [3.63, 3.8) is 0 Å². The number of halogens is 22. The van der Waals surface area contributed by atoms with Crippen LogP contribution in [-0.2, 0) is 4.74 Å². The minimum atomic E-state index is -9.30. The fourth-order valence-corrected chi connectivity index (χ4v) is 1.79. The van der Waals surface area contributed by atoms with Gasteiger partial charge >= 0.3 is 60.1 Å². The number of ether oxygens (including phenoxy) is 1. The second kappa shape index (κ2) is 7.46. The van der Waals surface area contributed by atoms with Crippen molar-refractivity contribution in [2.75, 3.05) is 0 Å². The average molecular weight is 554 g/mol. The second-order valence-electron chi connectivity index (χ2n) is 5.59. The Balaban J connectivity index is 7.88. The Kier molecular flexibility index (Phi) is 7.10. The van der Waals surface area contributed by atoms with Crippen molar-refractivity contribution in [3.05, 3.63) is 0 Å². The van der Waals surface area contributed by atoms with Crippen molar-refractivity contribution in [3.8, 4) is 0 Å². The second-order valence-corrected chi connectivity index (χ2v) is 5.59. The van der Waals surface area contributed by atoms with Gasteiger partial charge in [-0.1, -0.05) is 0 Å². The van der Waals surface area contributed by atoms with Gasteiger partial charge in [0.25, 0.3) is 0 Å². The molecule has 0 saturated carbocycles. The van der Waals surface area contributed by atoms with Crippen LogP contribution in [0.4, 0.5) is 96.6 Å². The van der Waals surface area contributed by atoms with E-state index in [4.69, 9.17) is 0 Å². The molecule has 0 aromatic heterocycles. The fourth-order valence-electron chi connectivity index (χ4n) is 1.79. The lowest BCUT2D eigenvalue weighted by atomic mass is 9.87. The molecule has 0 N–H and O–H groups in total. The van der Waals surface area contributed by atoms with Crippen LogP contribution in [0.5, 0.6) is 0 Å². The van der Waals surface area contributed by atoms with Gasteiger partial charge in [0.05, 0.1) is 0 Å². The maximum absolute atomic E-state index is 13.7. The van der Waals surface area contributed by atoms with Crippen molar-refractivity contribution < 1.29 is 101 Å². The highest BCUT2D eigenvalue weighted by Crippen LogP contribution is 2.66. The van der Waals surface area contributed by atoms with Crippen molar-refractivity contribution in [2.24, 2.45) is 0 Å². The first-order valence-corrected chi connectivity index (χ1v) is 6.57. The van der Waals surface area contributed by atoms with Gasteiger partial charge in [-0.25, -0.2) is 0 Å². The van der Waals surface area contributed by atoms with Crippen LogP contribution < -0.4 is 0 Å². The van der Waals surface area contributed by atoms with Gasteiger partial charge in [0.15, 0.2) is 0 Å². The molecule has 0 aromatic rings. The van der Waals surface area contributed by atoms with Crippen molar-refractivity contribution >= 4 is 0 Å². The Morgan fingerprint density at radius 2 is 0.545 bits per heavy atom. The minimum absolute atomic E-state index is 0.815. The summed E-state index contributed by atoms with van der Waals surface area (Å²) in [7, 11) is 0. The molecule has 23 heteroatoms. The first-order valence-electron chi connectivity index (χ1n) is 6.57. The topological polar surface area (TPSA) is 9.23 Å². The molecule has 0 amide bonds. The van der Waals surface area contributed by atoms with Crippen LogP contribution >= 0.6 is 0 Å². The summed E-state index contributed by atoms with van der Waals surface area (Å²) in [6.07, 6.45) is -42.9. The molecular formula is C10F22O. The van der Waals surface area contributed by atoms with Gasteiger partial charge < -0.3 is 4.74 Å². The van der Waals surface area contributed by atoms with Gasteiger partial charge in [-0.15, -0.1) is 0 Å². The predicted molar refractivity (Wildman–Crippen MR) is 52.8 cm³/mol. The molecule has 1 nitrogen and oxygen atoms in total. The maximum atomic E-state index is 13.7. The zero-order valence-corrected chi connectivity index (χ0v) is 13.7. The summed E-state index contributed by atoms with van der Waals surface area (Å²) >= 11 is 0. The SMILES string of the molecule is FC(F)(F)C(F)(F)C(F)(F)C(OC(F)(C(F)(F)F)C(F)(F)C(F)(F)F)(C(F)(F)F)C(F)(F)F. The quantitative estimate of drug-likeness (QED) is 0.329. The largest absolute Gasteiger partial charge is 0.460 e. The molecule has 0 aromatic carbocycles. The van der Waals surface area contributed by atoms with Crippen molar-refractivity contribution in [1.82, 2.24) is 0 Å². The molecule has 0 aliphatic carbocycles. The Hall–Kier alpha value is -1.58. The van der Waals surface area contributed by atoms with Crippen molar-refractivity contribution in [1.29, 1.82) is 0 Å². The standard InChI is InChI=1S/C10F22O/c11-2(12,3(13,14)8(24,25)26)1(6(18,19)20,7(21,22)23)33-5(17,10(30,31)32)4(15,16)9(27,28)29. The highest BCUT2D eigenvalue weighted by atomic mass is 19.5. The van der Waals surface area contributed by atoms with Crippen molar-refractivity contribution in [2.45, 2.75) is 60.1 Å². The van der Waals surface area contributed by atoms with Gasteiger partial charge in [-0.2, -0.15) is 96.6 Å². The van der Waals surface area contributed by atoms with E-state index in [1.54, 1.807) is 0 Å². The van der Waals surface area contributed by atoms with Crippen LogP contribution in [0.15, 0.2) is 0 Å². The monoisotopic (exact) mass is 554 g/mol. The molecule has 1 unspecified atom stereocenters. The van der Waals surface area contributed by atoms with E-state index in [0.29, 0.717) is 0 Å². The first-order chi connectivity index (χ1) is 13.7. The van der Waals surface area contributed by atoms with Crippen LogP contribution in [0, 0.1) is 0 Å². The smallest absolute Gasteiger partial charge is 0.304 e. The predicted octanol–water partition coefficient (Wildman–Crippen LogP) is 7.13. The molecule has 0 radical (unpaired) electrons. The highest BCUT2D eigenvalue weighted by molar-refractivity contribution is 5.16. The zero-order valence-electron chi connectivity index (χ0n) is 13.7. The fraction of sp³-hybridized carbons (Fsp3) is 1.00. The summed E-state index contributed by atoms with van der Waals surface area (Å²) in [4.78, 5) is 0. The third kappa shape index (κ3) is 4.21. The Morgan fingerprint density at radius 1 is 0.273 bits per heavy atom. The minimum Gasteiger partial charge on any atom is -0.304 e. The van der Waals surface area contributed by atoms with Gasteiger partial charge in [0.2, 0.25) is 0 Å². The molecule has 200 valence electrons. The summed E-state index contributed by atoms with van der Waals surface area (Å²) in [6.45, 7) is 0. The summed E-state index contributed by atoms with van der Waals surface area (Å²) in [5, 5.41) is 0. The van der Waals surface area contributed by atoms with Crippen LogP contribution in [0.2, 0.25) is 0 Å². The van der Waals surface area contributed by atoms with E-state index in [2.05, 4.69) is 0 Å². The lowest BCUT2D eigenvalue weighted by Crippen LogP contribution is -2.80. The Labute approximate surface area is 163 Å². The molecule has 0 spiro atoms. The van der Waals surface area contributed by atoms with E-state index in [1.165, 1.54) is 0 Å². The Morgan fingerprint density at radius 3 is 0.727 bits per heavy atom. The molecule has 0 bridgehead atoms. The lowest BCUT2D eigenvalue weighted by molar-refractivity contribution is -0.546. The molecule has 0 saturated heterocycles. The number of hydrogen-bond donors (Lipinski definition) is 0. The molecule has 33 heavy (non-hydrogen) atoms. The zero-order chi connectivity index (χ0) is 27.7. The summed E-state index contributed by atoms with van der Waals surface area (Å²) in [5.74, 6) is -35.8. The number of rotatable bonds is 5. The highest BCUT2D eigenvalue weighted by Gasteiger charge is 2.98. The third-order valence-electron chi connectivity index (χ3n) is 3.41. The molecule has 0 aliphatic rings. The lowest BCUT2D eigenvalue weighted by Gasteiger charge is -2.48. The molecule has 0 heterocycles. The van der Waals surface area contributed by atoms with E-state index in [0.717, 1.165) is 4.74 Å². The average Bonchev–Trinajstić information content (AvgIpc) is 2.45. The number of hydrogen-bond acceptors (Lipinski definition) is 1. The Bertz CT molecular complexity index is 683. The molecule has 0 fully saturated rings. The van der Waals surface area contributed by atoms with Gasteiger partial charge in [-0.3, -0.25) is 0 Å². The number of alkyl halides is 22. The van der Waals surface area contributed by atoms with Crippen LogP contribution in [0.1, 0.15) is 0 Å². The molecular weight excluding hydrogens is 554 g/mol. The maximum Gasteiger partial charge on any atom is 0.460 e. The molecule has 0 aliphatic heterocycles. The van der Waals surface area contributed by atoms with Crippen LogP contribution in [0.3, 0.4) is 0 Å².